The van der Waals surface area contributed by atoms with Crippen LogP contribution in [0.5, 0.6) is 17.2 Å². The zero-order chi connectivity index (χ0) is 20.7. The number of hydrazone groups is 1. The average molecular weight is 384 g/mol. The van der Waals surface area contributed by atoms with Crippen LogP contribution in [0.25, 0.3) is 0 Å². The van der Waals surface area contributed by atoms with Gasteiger partial charge < -0.3 is 14.2 Å². The van der Waals surface area contributed by atoms with E-state index >= 15 is 0 Å². The number of hydrogen-bond donors (Lipinski definition) is 1. The predicted octanol–water partition coefficient (Wildman–Crippen LogP) is 3.94. The molecule has 6 heteroatoms. The fourth-order valence-corrected chi connectivity index (χ4v) is 2.61. The first kappa shape index (κ1) is 21.3. The number of nitrogens with zero attached hydrogens (tertiary/aromatic N) is 1. The molecule has 0 aliphatic carbocycles. The lowest BCUT2D eigenvalue weighted by atomic mass is 10.1. The summed E-state index contributed by atoms with van der Waals surface area (Å²) >= 11 is 0. The summed E-state index contributed by atoms with van der Waals surface area (Å²) in [6, 6.07) is 9.46. The monoisotopic (exact) mass is 384 g/mol. The van der Waals surface area contributed by atoms with Gasteiger partial charge in [0.2, 0.25) is 0 Å². The van der Waals surface area contributed by atoms with Crippen molar-refractivity contribution in [1.29, 1.82) is 0 Å². The third-order valence-corrected chi connectivity index (χ3v) is 4.17. The summed E-state index contributed by atoms with van der Waals surface area (Å²) in [5.41, 5.74) is 6.40. The van der Waals surface area contributed by atoms with Crippen molar-refractivity contribution in [1.82, 2.24) is 5.43 Å². The van der Waals surface area contributed by atoms with E-state index < -0.39 is 0 Å². The summed E-state index contributed by atoms with van der Waals surface area (Å²) < 4.78 is 16.7. The number of rotatable bonds is 8. The summed E-state index contributed by atoms with van der Waals surface area (Å²) in [6.45, 7) is 9.74. The number of aryl methyl sites for hydroxylation is 2. The number of amides is 1. The molecule has 6 nitrogen and oxygen atoms in total. The zero-order valence-corrected chi connectivity index (χ0v) is 17.3. The molecule has 0 saturated heterocycles. The number of benzene rings is 2. The van der Waals surface area contributed by atoms with Crippen molar-refractivity contribution < 1.29 is 19.0 Å². The van der Waals surface area contributed by atoms with Gasteiger partial charge in [-0.3, -0.25) is 4.79 Å². The molecule has 0 radical (unpaired) electrons. The largest absolute Gasteiger partial charge is 0.493 e. The lowest BCUT2D eigenvalue weighted by Gasteiger charge is -2.13. The maximum absolute atomic E-state index is 12.0. The molecule has 1 amide bonds. The maximum atomic E-state index is 12.0. The topological polar surface area (TPSA) is 69.2 Å². The van der Waals surface area contributed by atoms with Crippen molar-refractivity contribution in [2.24, 2.45) is 5.10 Å². The molecule has 0 atom stereocenters. The third-order valence-electron chi connectivity index (χ3n) is 4.17. The molecule has 0 fully saturated rings. The van der Waals surface area contributed by atoms with E-state index in [9.17, 15) is 4.79 Å². The molecule has 2 aromatic rings. The van der Waals surface area contributed by atoms with E-state index in [2.05, 4.69) is 10.5 Å². The van der Waals surface area contributed by atoms with Crippen molar-refractivity contribution in [2.45, 2.75) is 40.7 Å². The van der Waals surface area contributed by atoms with Crippen LogP contribution in [-0.2, 0) is 4.79 Å². The first-order valence-corrected chi connectivity index (χ1v) is 9.18. The molecule has 0 aromatic heterocycles. The van der Waals surface area contributed by atoms with Crippen LogP contribution in [0.2, 0.25) is 0 Å². The number of carbonyl (C=O) groups excluding carboxylic acids is 1. The minimum atomic E-state index is -0.330. The zero-order valence-electron chi connectivity index (χ0n) is 17.3. The molecule has 150 valence electrons. The van der Waals surface area contributed by atoms with Crippen molar-refractivity contribution in [3.8, 4) is 17.2 Å². The lowest BCUT2D eigenvalue weighted by Crippen LogP contribution is -2.25. The Morgan fingerprint density at radius 2 is 1.82 bits per heavy atom. The molecule has 0 spiro atoms. The third kappa shape index (κ3) is 5.74. The molecule has 1 N–H and O–H groups in total. The van der Waals surface area contributed by atoms with Crippen LogP contribution in [0.3, 0.4) is 0 Å². The predicted molar refractivity (Wildman–Crippen MR) is 111 cm³/mol. The molecule has 2 rings (SSSR count). The standard InChI is InChI=1S/C22H28N2O4/c1-14(2)28-19-10-9-18(11-20(19)26-6)12-23-24-21(25)13-27-22-16(4)8-7-15(3)17(22)5/h7-12,14H,13H2,1-6H3,(H,24,25)/b23-12+. The fraction of sp³-hybridized carbons (Fsp3) is 0.364. The number of nitrogens with one attached hydrogen (secondary N) is 1. The van der Waals surface area contributed by atoms with Crippen LogP contribution >= 0.6 is 0 Å². The average Bonchev–Trinajstić information content (AvgIpc) is 2.65. The Hall–Kier alpha value is -3.02. The Morgan fingerprint density at radius 3 is 2.50 bits per heavy atom. The number of carbonyl (C=O) groups is 1. The van der Waals surface area contributed by atoms with Crippen LogP contribution in [0.1, 0.15) is 36.1 Å². The van der Waals surface area contributed by atoms with Crippen LogP contribution in [-0.4, -0.2) is 31.9 Å². The SMILES string of the molecule is COc1cc(/C=N/NC(=O)COc2c(C)ccc(C)c2C)ccc1OC(C)C. The summed E-state index contributed by atoms with van der Waals surface area (Å²) in [7, 11) is 1.58. The van der Waals surface area contributed by atoms with Crippen molar-refractivity contribution >= 4 is 12.1 Å². The molecule has 0 saturated carbocycles. The van der Waals surface area contributed by atoms with E-state index in [1.165, 1.54) is 0 Å². The Kier molecular flexibility index (Phi) is 7.44. The molecular weight excluding hydrogens is 356 g/mol. The summed E-state index contributed by atoms with van der Waals surface area (Å²) in [5.74, 6) is 1.68. The maximum Gasteiger partial charge on any atom is 0.277 e. The van der Waals surface area contributed by atoms with Gasteiger partial charge in [0.1, 0.15) is 5.75 Å². The molecule has 0 aliphatic rings. The first-order chi connectivity index (χ1) is 13.3. The van der Waals surface area contributed by atoms with Gasteiger partial charge in [0.15, 0.2) is 18.1 Å². The Labute approximate surface area is 166 Å². The Balaban J connectivity index is 1.94. The number of methoxy groups -OCH3 is 1. The van der Waals surface area contributed by atoms with Crippen molar-refractivity contribution in [2.75, 3.05) is 13.7 Å². The lowest BCUT2D eigenvalue weighted by molar-refractivity contribution is -0.123. The minimum Gasteiger partial charge on any atom is -0.493 e. The summed E-state index contributed by atoms with van der Waals surface area (Å²) in [5, 5.41) is 3.98. The molecular formula is C22H28N2O4. The highest BCUT2D eigenvalue weighted by Gasteiger charge is 2.09. The van der Waals surface area contributed by atoms with E-state index in [4.69, 9.17) is 14.2 Å². The first-order valence-electron chi connectivity index (χ1n) is 9.18. The van der Waals surface area contributed by atoms with Crippen LogP contribution < -0.4 is 19.6 Å². The highest BCUT2D eigenvalue weighted by molar-refractivity contribution is 5.83. The van der Waals surface area contributed by atoms with Gasteiger partial charge in [0.25, 0.3) is 5.91 Å². The van der Waals surface area contributed by atoms with E-state index in [1.807, 2.05) is 58.9 Å². The molecule has 28 heavy (non-hydrogen) atoms. The van der Waals surface area contributed by atoms with Crippen LogP contribution in [0.4, 0.5) is 0 Å². The van der Waals surface area contributed by atoms with Crippen LogP contribution in [0.15, 0.2) is 35.4 Å². The van der Waals surface area contributed by atoms with E-state index in [0.29, 0.717) is 11.5 Å². The van der Waals surface area contributed by atoms with Gasteiger partial charge in [0, 0.05) is 0 Å². The van der Waals surface area contributed by atoms with Gasteiger partial charge in [-0.05, 0) is 75.1 Å². The van der Waals surface area contributed by atoms with Gasteiger partial charge >= 0.3 is 0 Å². The van der Waals surface area contributed by atoms with Gasteiger partial charge in [-0.15, -0.1) is 0 Å². The summed E-state index contributed by atoms with van der Waals surface area (Å²) in [4.78, 5) is 12.0. The van der Waals surface area contributed by atoms with Crippen molar-refractivity contribution in [3.63, 3.8) is 0 Å². The molecule has 0 heterocycles. The Bertz CT molecular complexity index is 860. The minimum absolute atomic E-state index is 0.0494. The van der Waals surface area contributed by atoms with Gasteiger partial charge in [-0.2, -0.15) is 5.10 Å². The van der Waals surface area contributed by atoms with Crippen molar-refractivity contribution in [3.05, 3.63) is 52.6 Å². The smallest absolute Gasteiger partial charge is 0.277 e. The van der Waals surface area contributed by atoms with Crippen LogP contribution in [0, 0.1) is 20.8 Å². The second-order valence-electron chi connectivity index (χ2n) is 6.81. The highest BCUT2D eigenvalue weighted by atomic mass is 16.5. The second-order valence-corrected chi connectivity index (χ2v) is 6.81. The quantitative estimate of drug-likeness (QED) is 0.553. The number of ether oxygens (including phenoxy) is 3. The van der Waals surface area contributed by atoms with Gasteiger partial charge in [-0.1, -0.05) is 12.1 Å². The van der Waals surface area contributed by atoms with Gasteiger partial charge in [-0.25, -0.2) is 5.43 Å². The number of hydrogen-bond acceptors (Lipinski definition) is 5. The summed E-state index contributed by atoms with van der Waals surface area (Å²) in [6.07, 6.45) is 1.59. The second kappa shape index (κ2) is 9.78. The molecule has 0 aliphatic heterocycles. The highest BCUT2D eigenvalue weighted by Crippen LogP contribution is 2.28. The molecule has 0 bridgehead atoms. The normalized spacial score (nSPS) is 11.0. The van der Waals surface area contributed by atoms with E-state index in [1.54, 1.807) is 19.4 Å². The van der Waals surface area contributed by atoms with E-state index in [-0.39, 0.29) is 18.6 Å². The Morgan fingerprint density at radius 1 is 1.11 bits per heavy atom. The molecule has 2 aromatic carbocycles. The fourth-order valence-electron chi connectivity index (χ4n) is 2.61. The molecule has 0 unspecified atom stereocenters. The van der Waals surface area contributed by atoms with Gasteiger partial charge in [0.05, 0.1) is 19.4 Å². The van der Waals surface area contributed by atoms with E-state index in [0.717, 1.165) is 28.0 Å².